The van der Waals surface area contributed by atoms with E-state index in [1.807, 2.05) is 28.9 Å². The Morgan fingerprint density at radius 1 is 1.21 bits per heavy atom. The van der Waals surface area contributed by atoms with E-state index < -0.39 is 5.82 Å². The van der Waals surface area contributed by atoms with Crippen LogP contribution in [0.2, 0.25) is 5.02 Å². The maximum absolute atomic E-state index is 13.9. The smallest absolute Gasteiger partial charge is 0.135 e. The summed E-state index contributed by atoms with van der Waals surface area (Å²) in [5.74, 6) is 0.532. The largest absolute Gasteiger partial charge is 0.497 e. The predicted molar refractivity (Wildman–Crippen MR) is 157 cm³/mol. The first kappa shape index (κ1) is 27.0. The molecule has 39 heavy (non-hydrogen) atoms. The fourth-order valence-corrected chi connectivity index (χ4v) is 5.51. The molecule has 7 nitrogen and oxygen atoms in total. The maximum Gasteiger partial charge on any atom is 0.135 e. The highest BCUT2D eigenvalue weighted by Crippen LogP contribution is 2.46. The third-order valence-corrected chi connectivity index (χ3v) is 8.74. The molecule has 1 saturated carbocycles. The molecule has 0 radical (unpaired) electrons. The summed E-state index contributed by atoms with van der Waals surface area (Å²) in [5, 5.41) is 8.72. The number of halogens is 2. The van der Waals surface area contributed by atoms with Gasteiger partial charge in [0, 0.05) is 34.8 Å². The second kappa shape index (κ2) is 9.84. The van der Waals surface area contributed by atoms with E-state index in [1.54, 1.807) is 13.3 Å². The monoisotopic (exact) mass is 548 g/mol. The molecular weight excluding hydrogens is 515 g/mol. The quantitative estimate of drug-likeness (QED) is 0.189. The number of hydrogen-bond donors (Lipinski definition) is 3. The number of nitrogens with two attached hydrogens (primary N) is 2. The van der Waals surface area contributed by atoms with E-state index in [4.69, 9.17) is 27.8 Å². The molecule has 5 rings (SSSR count). The lowest BCUT2D eigenvalue weighted by Gasteiger charge is -2.39. The normalized spacial score (nSPS) is 20.9. The molecule has 1 aliphatic carbocycles. The third-order valence-electron chi connectivity index (χ3n) is 8.42. The van der Waals surface area contributed by atoms with Crippen LogP contribution in [0.1, 0.15) is 44.7 Å². The number of ether oxygens (including phenoxy) is 1. The molecule has 204 valence electrons. The number of fused-ring (bicyclic) bond motifs is 1. The zero-order valence-corrected chi connectivity index (χ0v) is 23.6. The van der Waals surface area contributed by atoms with E-state index in [9.17, 15) is 4.39 Å². The van der Waals surface area contributed by atoms with Gasteiger partial charge in [0.25, 0.3) is 0 Å². The zero-order chi connectivity index (χ0) is 28.1. The second-order valence-electron chi connectivity index (χ2n) is 11.1. The van der Waals surface area contributed by atoms with Gasteiger partial charge in [0.15, 0.2) is 0 Å². The van der Waals surface area contributed by atoms with E-state index in [0.29, 0.717) is 10.6 Å². The van der Waals surface area contributed by atoms with Crippen molar-refractivity contribution >= 4 is 34.3 Å². The summed E-state index contributed by atoms with van der Waals surface area (Å²) >= 11 is 6.29. The highest BCUT2D eigenvalue weighted by atomic mass is 35.5. The van der Waals surface area contributed by atoms with Crippen molar-refractivity contribution in [2.24, 2.45) is 21.9 Å². The van der Waals surface area contributed by atoms with Gasteiger partial charge in [0.05, 0.1) is 40.8 Å². The van der Waals surface area contributed by atoms with Crippen molar-refractivity contribution in [2.75, 3.05) is 12.4 Å². The van der Waals surface area contributed by atoms with E-state index in [2.05, 4.69) is 49.2 Å². The lowest BCUT2D eigenvalue weighted by molar-refractivity contribution is 0.215. The second-order valence-corrected chi connectivity index (χ2v) is 11.5. The van der Waals surface area contributed by atoms with Crippen molar-refractivity contribution in [1.82, 2.24) is 9.61 Å². The van der Waals surface area contributed by atoms with Gasteiger partial charge in [0.1, 0.15) is 17.4 Å². The van der Waals surface area contributed by atoms with Crippen molar-refractivity contribution < 1.29 is 9.13 Å². The van der Waals surface area contributed by atoms with Gasteiger partial charge in [-0.15, -0.1) is 0 Å². The Morgan fingerprint density at radius 2 is 1.97 bits per heavy atom. The zero-order valence-electron chi connectivity index (χ0n) is 22.8. The number of benzene rings is 2. The van der Waals surface area contributed by atoms with Crippen LogP contribution in [0.25, 0.3) is 16.6 Å². The molecule has 1 aliphatic rings. The Labute approximate surface area is 233 Å². The van der Waals surface area contributed by atoms with Crippen LogP contribution in [0.15, 0.2) is 59.9 Å². The number of aliphatic imine (C=N–C) groups is 1. The Bertz CT molecular complexity index is 1590. The van der Waals surface area contributed by atoms with Crippen LogP contribution in [0.3, 0.4) is 0 Å². The molecule has 2 atom stereocenters. The molecule has 5 N–H and O–H groups in total. The molecule has 0 spiro atoms. The van der Waals surface area contributed by atoms with Crippen molar-refractivity contribution in [3.63, 3.8) is 0 Å². The molecule has 9 heteroatoms. The summed E-state index contributed by atoms with van der Waals surface area (Å²) in [6.45, 7) is 8.52. The number of methoxy groups -OCH3 is 1. The van der Waals surface area contributed by atoms with Gasteiger partial charge in [-0.05, 0) is 68.1 Å². The van der Waals surface area contributed by atoms with Gasteiger partial charge in [-0.2, -0.15) is 5.10 Å². The minimum absolute atomic E-state index is 0.0732. The van der Waals surface area contributed by atoms with Gasteiger partial charge < -0.3 is 21.5 Å². The third kappa shape index (κ3) is 4.83. The van der Waals surface area contributed by atoms with Crippen LogP contribution in [-0.4, -0.2) is 34.1 Å². The van der Waals surface area contributed by atoms with Crippen molar-refractivity contribution in [1.29, 1.82) is 0 Å². The average Bonchev–Trinajstić information content (AvgIpc) is 3.40. The van der Waals surface area contributed by atoms with Gasteiger partial charge in [0.2, 0.25) is 0 Å². The molecule has 2 aromatic heterocycles. The fourth-order valence-electron chi connectivity index (χ4n) is 5.35. The van der Waals surface area contributed by atoms with Crippen LogP contribution >= 0.6 is 11.6 Å². The Morgan fingerprint density at radius 3 is 2.64 bits per heavy atom. The first-order chi connectivity index (χ1) is 18.4. The SMILES string of the molecule is COc1ccc(-c2cc3c(N[C@@H]4CC[C@](C)(N)C4(C)C)c(C(N)=Nc4cc(F)ccc4Cl)cnn3c2)c(C)c1. The number of aromatic nitrogens is 2. The topological polar surface area (TPSA) is 103 Å². The summed E-state index contributed by atoms with van der Waals surface area (Å²) in [6, 6.07) is 12.2. The van der Waals surface area contributed by atoms with Crippen LogP contribution < -0.4 is 21.5 Å². The molecule has 0 unspecified atom stereocenters. The molecular formula is C30H34ClFN6O. The predicted octanol–water partition coefficient (Wildman–Crippen LogP) is 6.47. The molecule has 1 fully saturated rings. The molecule has 2 heterocycles. The van der Waals surface area contributed by atoms with Gasteiger partial charge in [-0.3, -0.25) is 0 Å². The standard InChI is InChI=1S/C30H34ClFN6O/c1-17-12-20(39-5)7-8-21(17)18-13-25-27(37-26-10-11-30(4,34)29(26,2)3)22(15-35-38(25)16-18)28(33)36-24-14-19(32)6-9-23(24)31/h6-9,12-16,26,37H,10-11,34H2,1-5H3,(H2,33,36)/t26-,30+/m1/s1. The fraction of sp³-hybridized carbons (Fsp3) is 0.333. The number of amidine groups is 1. The number of rotatable bonds is 6. The first-order valence-corrected chi connectivity index (χ1v) is 13.3. The number of aryl methyl sites for hydroxylation is 1. The van der Waals surface area contributed by atoms with Crippen molar-refractivity contribution in [3.05, 3.63) is 76.8 Å². The Hall–Kier alpha value is -3.62. The molecule has 0 saturated heterocycles. The van der Waals surface area contributed by atoms with Crippen molar-refractivity contribution in [3.8, 4) is 16.9 Å². The van der Waals surface area contributed by atoms with Gasteiger partial charge in [-0.25, -0.2) is 13.9 Å². The minimum Gasteiger partial charge on any atom is -0.497 e. The van der Waals surface area contributed by atoms with Crippen LogP contribution in [0.4, 0.5) is 15.8 Å². The lowest BCUT2D eigenvalue weighted by Crippen LogP contribution is -2.51. The molecule has 0 aliphatic heterocycles. The summed E-state index contributed by atoms with van der Waals surface area (Å²) < 4.78 is 21.2. The summed E-state index contributed by atoms with van der Waals surface area (Å²) in [6.07, 6.45) is 5.44. The highest BCUT2D eigenvalue weighted by Gasteiger charge is 2.49. The number of nitrogens with zero attached hydrogens (tertiary/aromatic N) is 3. The first-order valence-electron chi connectivity index (χ1n) is 12.9. The highest BCUT2D eigenvalue weighted by molar-refractivity contribution is 6.33. The van der Waals surface area contributed by atoms with E-state index in [1.165, 1.54) is 18.2 Å². The van der Waals surface area contributed by atoms with Crippen LogP contribution in [-0.2, 0) is 0 Å². The molecule has 0 bridgehead atoms. The number of nitrogens with one attached hydrogen (secondary N) is 1. The van der Waals surface area contributed by atoms with Crippen molar-refractivity contribution in [2.45, 2.75) is 52.1 Å². The summed E-state index contributed by atoms with van der Waals surface area (Å²) in [7, 11) is 1.66. The van der Waals surface area contributed by atoms with E-state index in [-0.39, 0.29) is 28.5 Å². The Kier molecular flexibility index (Phi) is 6.81. The lowest BCUT2D eigenvalue weighted by atomic mass is 9.75. The van der Waals surface area contributed by atoms with E-state index >= 15 is 0 Å². The molecule has 2 aromatic carbocycles. The summed E-state index contributed by atoms with van der Waals surface area (Å²) in [4.78, 5) is 4.49. The Balaban J connectivity index is 1.67. The van der Waals surface area contributed by atoms with Crippen LogP contribution in [0.5, 0.6) is 5.75 Å². The van der Waals surface area contributed by atoms with E-state index in [0.717, 1.165) is 46.5 Å². The minimum atomic E-state index is -0.445. The molecule has 0 amide bonds. The summed E-state index contributed by atoms with van der Waals surface area (Å²) in [5.41, 5.74) is 18.3. The van der Waals surface area contributed by atoms with Crippen LogP contribution in [0, 0.1) is 18.2 Å². The number of hydrogen-bond acceptors (Lipinski definition) is 5. The van der Waals surface area contributed by atoms with Gasteiger partial charge >= 0.3 is 0 Å². The van der Waals surface area contributed by atoms with Gasteiger partial charge in [-0.1, -0.05) is 31.5 Å². The average molecular weight is 549 g/mol. The molecule has 4 aromatic rings. The maximum atomic E-state index is 13.9. The number of anilines is 1.